The van der Waals surface area contributed by atoms with Gasteiger partial charge in [-0.25, -0.2) is 9.67 Å². The van der Waals surface area contributed by atoms with Gasteiger partial charge in [-0.05, 0) is 44.5 Å². The van der Waals surface area contributed by atoms with Crippen LogP contribution in [0.1, 0.15) is 33.8 Å². The Morgan fingerprint density at radius 2 is 1.67 bits per heavy atom. The Morgan fingerprint density at radius 1 is 0.944 bits per heavy atom. The SMILES string of the molecule is Cc1cc(C(F)(F)F)c2c(C)nn(CC(=O)Nc3cc(C)n(Cc4cccc(C(F)(F)F)c4)n3)c2n1. The number of amides is 1. The summed E-state index contributed by atoms with van der Waals surface area (Å²) in [4.78, 5) is 16.8. The lowest BCUT2D eigenvalue weighted by Crippen LogP contribution is -2.20. The van der Waals surface area contributed by atoms with E-state index in [2.05, 4.69) is 20.5 Å². The standard InChI is InChI=1S/C23H20F6N6O/c1-12-7-17(23(27,28)29)20-14(3)32-35(21(20)30-12)11-19(36)31-18-8-13(2)34(33-18)10-15-5-4-6-16(9-15)22(24,25)26/h4-9H,10-11H2,1-3H3,(H,31,33,36). The van der Waals surface area contributed by atoms with Crippen molar-refractivity contribution in [2.75, 3.05) is 5.32 Å². The van der Waals surface area contributed by atoms with E-state index in [0.29, 0.717) is 11.3 Å². The normalized spacial score (nSPS) is 12.4. The maximum atomic E-state index is 13.5. The molecule has 1 amide bonds. The number of fused-ring (bicyclic) bond motifs is 1. The molecule has 36 heavy (non-hydrogen) atoms. The third-order valence-corrected chi connectivity index (χ3v) is 5.44. The zero-order valence-electron chi connectivity index (χ0n) is 19.3. The number of nitrogens with zero attached hydrogens (tertiary/aromatic N) is 5. The Kier molecular flexibility index (Phi) is 6.27. The fraction of sp³-hybridized carbons (Fsp3) is 0.304. The lowest BCUT2D eigenvalue weighted by atomic mass is 10.1. The maximum Gasteiger partial charge on any atom is 0.417 e. The molecule has 4 aromatic rings. The number of benzene rings is 1. The van der Waals surface area contributed by atoms with Crippen molar-refractivity contribution in [1.29, 1.82) is 0 Å². The van der Waals surface area contributed by atoms with Crippen molar-refractivity contribution in [2.24, 2.45) is 0 Å². The minimum absolute atomic E-state index is 0.0397. The summed E-state index contributed by atoms with van der Waals surface area (Å²) in [5.41, 5.74) is -0.569. The van der Waals surface area contributed by atoms with Crippen LogP contribution in [0, 0.1) is 20.8 Å². The van der Waals surface area contributed by atoms with Gasteiger partial charge in [0.15, 0.2) is 11.5 Å². The first-order valence-corrected chi connectivity index (χ1v) is 10.6. The van der Waals surface area contributed by atoms with Gasteiger partial charge in [0.1, 0.15) is 6.54 Å². The van der Waals surface area contributed by atoms with E-state index in [1.165, 1.54) is 36.7 Å². The number of hydrogen-bond acceptors (Lipinski definition) is 4. The summed E-state index contributed by atoms with van der Waals surface area (Å²) in [6, 6.07) is 7.29. The quantitative estimate of drug-likeness (QED) is 0.371. The molecule has 0 radical (unpaired) electrons. The molecule has 1 aromatic carbocycles. The first kappa shape index (κ1) is 25.2. The van der Waals surface area contributed by atoms with E-state index in [1.807, 2.05) is 0 Å². The van der Waals surface area contributed by atoms with Gasteiger partial charge in [-0.1, -0.05) is 12.1 Å². The lowest BCUT2D eigenvalue weighted by Gasteiger charge is -2.10. The Balaban J connectivity index is 1.53. The molecule has 190 valence electrons. The van der Waals surface area contributed by atoms with Crippen LogP contribution in [0.5, 0.6) is 0 Å². The molecule has 0 saturated heterocycles. The summed E-state index contributed by atoms with van der Waals surface area (Å²) < 4.78 is 82.0. The van der Waals surface area contributed by atoms with E-state index >= 15 is 0 Å². The largest absolute Gasteiger partial charge is 0.417 e. The number of rotatable bonds is 5. The molecule has 0 aliphatic heterocycles. The molecular formula is C23H20F6N6O. The molecule has 0 spiro atoms. The van der Waals surface area contributed by atoms with E-state index < -0.39 is 35.9 Å². The number of hydrogen-bond donors (Lipinski definition) is 1. The average molecular weight is 510 g/mol. The molecule has 7 nitrogen and oxygen atoms in total. The molecule has 4 rings (SSSR count). The zero-order chi connectivity index (χ0) is 26.4. The fourth-order valence-corrected chi connectivity index (χ4v) is 3.88. The third-order valence-electron chi connectivity index (χ3n) is 5.44. The highest BCUT2D eigenvalue weighted by molar-refractivity contribution is 5.91. The number of aromatic nitrogens is 5. The molecule has 0 aliphatic rings. The predicted molar refractivity (Wildman–Crippen MR) is 118 cm³/mol. The van der Waals surface area contributed by atoms with Gasteiger partial charge in [-0.2, -0.15) is 36.5 Å². The highest BCUT2D eigenvalue weighted by Crippen LogP contribution is 2.36. The number of anilines is 1. The summed E-state index contributed by atoms with van der Waals surface area (Å²) in [7, 11) is 0. The number of carbonyl (C=O) groups excluding carboxylic acids is 1. The Bertz CT molecular complexity index is 1450. The summed E-state index contributed by atoms with van der Waals surface area (Å²) in [5.74, 6) is -0.474. The van der Waals surface area contributed by atoms with E-state index in [4.69, 9.17) is 0 Å². The van der Waals surface area contributed by atoms with Crippen molar-refractivity contribution < 1.29 is 31.1 Å². The number of alkyl halides is 6. The first-order chi connectivity index (χ1) is 16.7. The Labute approximate surface area is 200 Å². The van der Waals surface area contributed by atoms with Crippen LogP contribution in [0.3, 0.4) is 0 Å². The topological polar surface area (TPSA) is 77.6 Å². The fourth-order valence-electron chi connectivity index (χ4n) is 3.88. The van der Waals surface area contributed by atoms with E-state index in [9.17, 15) is 31.1 Å². The molecule has 1 N–H and O–H groups in total. The van der Waals surface area contributed by atoms with E-state index in [1.54, 1.807) is 6.92 Å². The molecule has 0 atom stereocenters. The molecule has 0 fully saturated rings. The van der Waals surface area contributed by atoms with Gasteiger partial charge in [-0.3, -0.25) is 9.48 Å². The first-order valence-electron chi connectivity index (χ1n) is 10.6. The van der Waals surface area contributed by atoms with Crippen molar-refractivity contribution in [2.45, 2.75) is 46.2 Å². The van der Waals surface area contributed by atoms with Crippen LogP contribution in [-0.2, 0) is 30.2 Å². The molecule has 3 aromatic heterocycles. The van der Waals surface area contributed by atoms with Gasteiger partial charge in [0.05, 0.1) is 28.8 Å². The Hall–Kier alpha value is -3.90. The second-order valence-electron chi connectivity index (χ2n) is 8.33. The van der Waals surface area contributed by atoms with Crippen molar-refractivity contribution >= 4 is 22.8 Å². The summed E-state index contributed by atoms with van der Waals surface area (Å²) in [6.07, 6.45) is -9.09. The minimum atomic E-state index is -4.61. The second-order valence-corrected chi connectivity index (χ2v) is 8.33. The van der Waals surface area contributed by atoms with Crippen molar-refractivity contribution in [3.8, 4) is 0 Å². The predicted octanol–water partition coefficient (Wildman–Crippen LogP) is 5.28. The van der Waals surface area contributed by atoms with Crippen LogP contribution < -0.4 is 5.32 Å². The number of aryl methyl sites for hydroxylation is 3. The van der Waals surface area contributed by atoms with Gasteiger partial charge in [0.25, 0.3) is 0 Å². The van der Waals surface area contributed by atoms with Crippen LogP contribution in [0.15, 0.2) is 36.4 Å². The molecular weight excluding hydrogens is 490 g/mol. The highest BCUT2D eigenvalue weighted by Gasteiger charge is 2.35. The third kappa shape index (κ3) is 5.19. The monoisotopic (exact) mass is 510 g/mol. The van der Waals surface area contributed by atoms with Gasteiger partial charge in [-0.15, -0.1) is 0 Å². The maximum absolute atomic E-state index is 13.5. The van der Waals surface area contributed by atoms with Gasteiger partial charge >= 0.3 is 12.4 Å². The van der Waals surface area contributed by atoms with Gasteiger partial charge in [0.2, 0.25) is 5.91 Å². The summed E-state index contributed by atoms with van der Waals surface area (Å²) >= 11 is 0. The van der Waals surface area contributed by atoms with Gasteiger partial charge in [0, 0.05) is 17.5 Å². The molecule has 0 aliphatic carbocycles. The smallest absolute Gasteiger partial charge is 0.308 e. The molecule has 0 unspecified atom stereocenters. The van der Waals surface area contributed by atoms with Crippen molar-refractivity contribution in [3.05, 3.63) is 70.2 Å². The molecule has 0 bridgehead atoms. The van der Waals surface area contributed by atoms with Crippen molar-refractivity contribution in [1.82, 2.24) is 24.5 Å². The number of carbonyl (C=O) groups is 1. The molecule has 3 heterocycles. The van der Waals surface area contributed by atoms with E-state index in [0.717, 1.165) is 22.9 Å². The van der Waals surface area contributed by atoms with Crippen LogP contribution in [-0.4, -0.2) is 30.5 Å². The minimum Gasteiger partial charge on any atom is -0.308 e. The Morgan fingerprint density at radius 3 is 2.33 bits per heavy atom. The van der Waals surface area contributed by atoms with Crippen LogP contribution in [0.2, 0.25) is 0 Å². The number of nitrogens with one attached hydrogen (secondary N) is 1. The van der Waals surface area contributed by atoms with Crippen LogP contribution >= 0.6 is 0 Å². The number of halogens is 6. The molecule has 13 heteroatoms. The van der Waals surface area contributed by atoms with Gasteiger partial charge < -0.3 is 5.32 Å². The molecule has 0 saturated carbocycles. The second kappa shape index (κ2) is 8.95. The average Bonchev–Trinajstić information content (AvgIpc) is 3.24. The zero-order valence-corrected chi connectivity index (χ0v) is 19.3. The summed E-state index contributed by atoms with van der Waals surface area (Å²) in [6.45, 7) is 4.12. The number of pyridine rings is 1. The van der Waals surface area contributed by atoms with Crippen LogP contribution in [0.25, 0.3) is 11.0 Å². The highest BCUT2D eigenvalue weighted by atomic mass is 19.4. The van der Waals surface area contributed by atoms with Crippen LogP contribution in [0.4, 0.5) is 32.2 Å². The van der Waals surface area contributed by atoms with E-state index in [-0.39, 0.29) is 34.8 Å². The lowest BCUT2D eigenvalue weighted by molar-refractivity contribution is -0.138. The summed E-state index contributed by atoms with van der Waals surface area (Å²) in [5, 5.41) is 10.7. The van der Waals surface area contributed by atoms with Crippen molar-refractivity contribution in [3.63, 3.8) is 0 Å².